The molecular weight excluding hydrogens is 154 g/mol. The zero-order chi connectivity index (χ0) is 9.78. The van der Waals surface area contributed by atoms with Gasteiger partial charge in [-0.3, -0.25) is 4.79 Å². The number of nitrogens with two attached hydrogens (primary N) is 1. The molecule has 4 nitrogen and oxygen atoms in total. The van der Waals surface area contributed by atoms with Crippen molar-refractivity contribution >= 4 is 12.1 Å². The van der Waals surface area contributed by atoms with Crippen LogP contribution in [0.1, 0.15) is 27.7 Å². The third-order valence-electron chi connectivity index (χ3n) is 1.16. The highest BCUT2D eigenvalue weighted by molar-refractivity contribution is 5.82. The lowest BCUT2D eigenvalue weighted by Gasteiger charge is -2.14. The zero-order valence-electron chi connectivity index (χ0n) is 8.09. The maximum atomic E-state index is 11.2. The average molecular weight is 171 g/mol. The van der Waals surface area contributed by atoms with Gasteiger partial charge in [0.2, 0.25) is 5.91 Å². The Balaban J connectivity index is 3.88. The number of rotatable bonds is 2. The Morgan fingerprint density at radius 3 is 2.42 bits per heavy atom. The first kappa shape index (κ1) is 11.1. The number of nitrogens with one attached hydrogen (secondary N) is 1. The molecule has 70 valence electrons. The quantitative estimate of drug-likeness (QED) is 0.469. The number of amides is 1. The van der Waals surface area contributed by atoms with Gasteiger partial charge in [0.15, 0.2) is 0 Å². The first-order valence-corrected chi connectivity index (χ1v) is 3.93. The minimum absolute atomic E-state index is 0.112. The Hall–Kier alpha value is -0.900. The van der Waals surface area contributed by atoms with Gasteiger partial charge in [-0.25, -0.2) is 5.43 Å². The highest BCUT2D eigenvalue weighted by Gasteiger charge is 2.20. The molecule has 3 N–H and O–H groups in total. The SMILES string of the molecule is CC(N)/C=N/NC(=O)C(C)(C)C. The molecule has 1 unspecified atom stereocenters. The van der Waals surface area contributed by atoms with Crippen LogP contribution in [0.25, 0.3) is 0 Å². The number of hydrogen-bond donors (Lipinski definition) is 2. The van der Waals surface area contributed by atoms with E-state index in [9.17, 15) is 4.79 Å². The summed E-state index contributed by atoms with van der Waals surface area (Å²) in [7, 11) is 0. The van der Waals surface area contributed by atoms with Crippen LogP contribution in [-0.2, 0) is 4.79 Å². The van der Waals surface area contributed by atoms with Gasteiger partial charge in [-0.2, -0.15) is 5.10 Å². The lowest BCUT2D eigenvalue weighted by molar-refractivity contribution is -0.128. The Labute approximate surface area is 73.2 Å². The molecule has 0 heterocycles. The Bertz CT molecular complexity index is 179. The first-order chi connectivity index (χ1) is 5.34. The highest BCUT2D eigenvalue weighted by Crippen LogP contribution is 2.11. The van der Waals surface area contributed by atoms with E-state index in [4.69, 9.17) is 5.73 Å². The number of carbonyl (C=O) groups is 1. The van der Waals surface area contributed by atoms with E-state index >= 15 is 0 Å². The number of hydrogen-bond acceptors (Lipinski definition) is 3. The molecule has 4 heteroatoms. The van der Waals surface area contributed by atoms with Crippen molar-refractivity contribution in [2.24, 2.45) is 16.3 Å². The third-order valence-corrected chi connectivity index (χ3v) is 1.16. The summed E-state index contributed by atoms with van der Waals surface area (Å²) in [6, 6.07) is -0.134. The van der Waals surface area contributed by atoms with E-state index in [1.807, 2.05) is 20.8 Å². The molecule has 12 heavy (non-hydrogen) atoms. The van der Waals surface area contributed by atoms with Crippen LogP contribution in [0.2, 0.25) is 0 Å². The molecule has 1 atom stereocenters. The van der Waals surface area contributed by atoms with Crippen LogP contribution in [0.5, 0.6) is 0 Å². The zero-order valence-corrected chi connectivity index (χ0v) is 8.09. The fourth-order valence-electron chi connectivity index (χ4n) is 0.381. The average Bonchev–Trinajstić information content (AvgIpc) is 1.84. The van der Waals surface area contributed by atoms with Crippen molar-refractivity contribution in [1.82, 2.24) is 5.43 Å². The summed E-state index contributed by atoms with van der Waals surface area (Å²) in [6.07, 6.45) is 1.49. The standard InChI is InChI=1S/C8H17N3O/c1-6(9)5-10-11-7(12)8(2,3)4/h5-6H,9H2,1-4H3,(H,11,12)/b10-5+. The van der Waals surface area contributed by atoms with Crippen molar-refractivity contribution in [2.45, 2.75) is 33.7 Å². The summed E-state index contributed by atoms with van der Waals surface area (Å²) in [5.41, 5.74) is 7.38. The van der Waals surface area contributed by atoms with Gasteiger partial charge in [-0.15, -0.1) is 0 Å². The van der Waals surface area contributed by atoms with Gasteiger partial charge in [0, 0.05) is 17.7 Å². The molecule has 0 aliphatic rings. The Morgan fingerprint density at radius 2 is 2.08 bits per heavy atom. The molecule has 0 saturated heterocycles. The second-order valence-electron chi connectivity index (χ2n) is 3.83. The Morgan fingerprint density at radius 1 is 1.58 bits per heavy atom. The maximum absolute atomic E-state index is 11.2. The molecule has 0 aliphatic carbocycles. The van der Waals surface area contributed by atoms with Gasteiger partial charge >= 0.3 is 0 Å². The molecule has 0 aromatic heterocycles. The van der Waals surface area contributed by atoms with Crippen molar-refractivity contribution in [3.63, 3.8) is 0 Å². The number of hydrazone groups is 1. The fourth-order valence-corrected chi connectivity index (χ4v) is 0.381. The van der Waals surface area contributed by atoms with Crippen LogP contribution in [0, 0.1) is 5.41 Å². The summed E-state index contributed by atoms with van der Waals surface area (Å²) in [5.74, 6) is -0.112. The van der Waals surface area contributed by atoms with Crippen molar-refractivity contribution in [3.8, 4) is 0 Å². The predicted octanol–water partition coefficient (Wildman–Crippen LogP) is 0.482. The minimum Gasteiger partial charge on any atom is -0.323 e. The van der Waals surface area contributed by atoms with Crippen LogP contribution in [-0.4, -0.2) is 18.2 Å². The van der Waals surface area contributed by atoms with Crippen molar-refractivity contribution in [1.29, 1.82) is 0 Å². The number of nitrogens with zero attached hydrogens (tertiary/aromatic N) is 1. The highest BCUT2D eigenvalue weighted by atomic mass is 16.2. The molecule has 0 spiro atoms. The summed E-state index contributed by atoms with van der Waals surface area (Å²) >= 11 is 0. The van der Waals surface area contributed by atoms with E-state index in [1.54, 1.807) is 6.92 Å². The van der Waals surface area contributed by atoms with Gasteiger partial charge in [0.05, 0.1) is 0 Å². The molecule has 0 fully saturated rings. The van der Waals surface area contributed by atoms with Crippen LogP contribution >= 0.6 is 0 Å². The van der Waals surface area contributed by atoms with E-state index in [-0.39, 0.29) is 11.9 Å². The first-order valence-electron chi connectivity index (χ1n) is 3.93. The summed E-state index contributed by atoms with van der Waals surface area (Å²) < 4.78 is 0. The molecule has 0 aromatic carbocycles. The van der Waals surface area contributed by atoms with E-state index in [2.05, 4.69) is 10.5 Å². The molecule has 0 saturated carbocycles. The lowest BCUT2D eigenvalue weighted by Crippen LogP contribution is -2.32. The molecule has 0 rings (SSSR count). The van der Waals surface area contributed by atoms with Gasteiger partial charge < -0.3 is 5.73 Å². The second-order valence-corrected chi connectivity index (χ2v) is 3.83. The van der Waals surface area contributed by atoms with Crippen LogP contribution in [0.3, 0.4) is 0 Å². The molecular formula is C8H17N3O. The summed E-state index contributed by atoms with van der Waals surface area (Å²) in [6.45, 7) is 7.25. The van der Waals surface area contributed by atoms with Crippen molar-refractivity contribution < 1.29 is 4.79 Å². The summed E-state index contributed by atoms with van der Waals surface area (Å²) in [4.78, 5) is 11.2. The smallest absolute Gasteiger partial charge is 0.245 e. The van der Waals surface area contributed by atoms with E-state index < -0.39 is 5.41 Å². The minimum atomic E-state index is -0.408. The van der Waals surface area contributed by atoms with Crippen LogP contribution < -0.4 is 11.2 Å². The topological polar surface area (TPSA) is 67.5 Å². The van der Waals surface area contributed by atoms with E-state index in [0.29, 0.717) is 0 Å². The maximum Gasteiger partial charge on any atom is 0.245 e. The normalized spacial score (nSPS) is 14.8. The third kappa shape index (κ3) is 4.85. The molecule has 0 radical (unpaired) electrons. The Kier molecular flexibility index (Phi) is 3.89. The van der Waals surface area contributed by atoms with E-state index in [0.717, 1.165) is 0 Å². The molecule has 1 amide bonds. The van der Waals surface area contributed by atoms with E-state index in [1.165, 1.54) is 6.21 Å². The van der Waals surface area contributed by atoms with Gasteiger partial charge in [-0.1, -0.05) is 20.8 Å². The molecule has 0 bridgehead atoms. The molecule has 0 aliphatic heterocycles. The van der Waals surface area contributed by atoms with Crippen molar-refractivity contribution in [3.05, 3.63) is 0 Å². The van der Waals surface area contributed by atoms with Crippen molar-refractivity contribution in [2.75, 3.05) is 0 Å². The lowest BCUT2D eigenvalue weighted by atomic mass is 9.96. The summed E-state index contributed by atoms with van der Waals surface area (Å²) in [5, 5.41) is 3.69. The monoisotopic (exact) mass is 171 g/mol. The number of carbonyl (C=O) groups excluding carboxylic acids is 1. The van der Waals surface area contributed by atoms with Gasteiger partial charge in [-0.05, 0) is 6.92 Å². The molecule has 0 aromatic rings. The predicted molar refractivity (Wildman–Crippen MR) is 49.7 cm³/mol. The fraction of sp³-hybridized carbons (Fsp3) is 0.750. The second kappa shape index (κ2) is 4.21. The van der Waals surface area contributed by atoms with Gasteiger partial charge in [0.1, 0.15) is 0 Å². The van der Waals surface area contributed by atoms with Gasteiger partial charge in [0.25, 0.3) is 0 Å². The van der Waals surface area contributed by atoms with Crippen LogP contribution in [0.4, 0.5) is 0 Å². The van der Waals surface area contributed by atoms with Crippen LogP contribution in [0.15, 0.2) is 5.10 Å². The largest absolute Gasteiger partial charge is 0.323 e.